The van der Waals surface area contributed by atoms with Crippen LogP contribution in [0.1, 0.15) is 27.2 Å². The SMILES string of the molecule is CC1CCN(C(=O)C(C(N)=NO)C(C)C)C1. The van der Waals surface area contributed by atoms with Crippen LogP contribution in [0, 0.1) is 17.8 Å². The monoisotopic (exact) mass is 227 g/mol. The third-order valence-corrected chi connectivity index (χ3v) is 3.10. The van der Waals surface area contributed by atoms with Gasteiger partial charge in [0, 0.05) is 13.1 Å². The fourth-order valence-electron chi connectivity index (χ4n) is 2.15. The Bertz CT molecular complexity index is 289. The second-order valence-corrected chi connectivity index (χ2v) is 4.92. The molecule has 1 fully saturated rings. The fraction of sp³-hybridized carbons (Fsp3) is 0.818. The van der Waals surface area contributed by atoms with E-state index in [4.69, 9.17) is 10.9 Å². The normalized spacial score (nSPS) is 23.9. The molecule has 0 bridgehead atoms. The lowest BCUT2D eigenvalue weighted by Crippen LogP contribution is -2.43. The van der Waals surface area contributed by atoms with Crippen molar-refractivity contribution in [3.63, 3.8) is 0 Å². The van der Waals surface area contributed by atoms with Crippen molar-refractivity contribution in [2.75, 3.05) is 13.1 Å². The number of hydrogen-bond donors (Lipinski definition) is 2. The van der Waals surface area contributed by atoms with Crippen molar-refractivity contribution < 1.29 is 10.0 Å². The largest absolute Gasteiger partial charge is 0.409 e. The number of rotatable bonds is 3. The number of carbonyl (C=O) groups is 1. The summed E-state index contributed by atoms with van der Waals surface area (Å²) in [4.78, 5) is 14.0. The second kappa shape index (κ2) is 5.18. The number of oxime groups is 1. The van der Waals surface area contributed by atoms with Gasteiger partial charge in [-0.3, -0.25) is 4.79 Å². The maximum atomic E-state index is 12.2. The molecule has 92 valence electrons. The van der Waals surface area contributed by atoms with E-state index in [1.165, 1.54) is 0 Å². The highest BCUT2D eigenvalue weighted by atomic mass is 16.4. The van der Waals surface area contributed by atoms with Gasteiger partial charge in [-0.2, -0.15) is 0 Å². The van der Waals surface area contributed by atoms with E-state index in [2.05, 4.69) is 12.1 Å². The zero-order valence-corrected chi connectivity index (χ0v) is 10.2. The van der Waals surface area contributed by atoms with Gasteiger partial charge in [0.1, 0.15) is 5.92 Å². The molecule has 5 nitrogen and oxygen atoms in total. The van der Waals surface area contributed by atoms with Crippen LogP contribution in [0.5, 0.6) is 0 Å². The van der Waals surface area contributed by atoms with Crippen LogP contribution in [0.3, 0.4) is 0 Å². The van der Waals surface area contributed by atoms with E-state index in [1.54, 1.807) is 0 Å². The number of amides is 1. The smallest absolute Gasteiger partial charge is 0.233 e. The number of nitrogens with zero attached hydrogens (tertiary/aromatic N) is 2. The minimum Gasteiger partial charge on any atom is -0.409 e. The predicted molar refractivity (Wildman–Crippen MR) is 62.1 cm³/mol. The van der Waals surface area contributed by atoms with Gasteiger partial charge in [-0.05, 0) is 18.3 Å². The van der Waals surface area contributed by atoms with Crippen molar-refractivity contribution in [3.05, 3.63) is 0 Å². The topological polar surface area (TPSA) is 78.9 Å². The van der Waals surface area contributed by atoms with Gasteiger partial charge in [0.2, 0.25) is 5.91 Å². The van der Waals surface area contributed by atoms with E-state index in [9.17, 15) is 4.79 Å². The molecule has 1 heterocycles. The van der Waals surface area contributed by atoms with E-state index in [1.807, 2.05) is 18.7 Å². The Kier molecular flexibility index (Phi) is 4.15. The first-order valence-electron chi connectivity index (χ1n) is 5.73. The van der Waals surface area contributed by atoms with Gasteiger partial charge >= 0.3 is 0 Å². The lowest BCUT2D eigenvalue weighted by molar-refractivity contribution is -0.133. The van der Waals surface area contributed by atoms with E-state index >= 15 is 0 Å². The molecule has 1 aliphatic heterocycles. The van der Waals surface area contributed by atoms with Gasteiger partial charge in [-0.25, -0.2) is 0 Å². The standard InChI is InChI=1S/C11H21N3O2/c1-7(2)9(10(12)13-16)11(15)14-5-4-8(3)6-14/h7-9,16H,4-6H2,1-3H3,(H2,12,13). The average Bonchev–Trinajstić information content (AvgIpc) is 2.64. The van der Waals surface area contributed by atoms with Crippen molar-refractivity contribution >= 4 is 11.7 Å². The fourth-order valence-corrected chi connectivity index (χ4v) is 2.15. The van der Waals surface area contributed by atoms with Crippen LogP contribution in [-0.4, -0.2) is 34.9 Å². The highest BCUT2D eigenvalue weighted by Crippen LogP contribution is 2.21. The van der Waals surface area contributed by atoms with Crippen LogP contribution in [0.15, 0.2) is 5.16 Å². The highest BCUT2D eigenvalue weighted by Gasteiger charge is 2.33. The number of hydrogen-bond acceptors (Lipinski definition) is 3. The molecule has 16 heavy (non-hydrogen) atoms. The summed E-state index contributed by atoms with van der Waals surface area (Å²) < 4.78 is 0. The van der Waals surface area contributed by atoms with Gasteiger partial charge in [0.25, 0.3) is 0 Å². The highest BCUT2D eigenvalue weighted by molar-refractivity contribution is 6.02. The van der Waals surface area contributed by atoms with E-state index < -0.39 is 5.92 Å². The summed E-state index contributed by atoms with van der Waals surface area (Å²) in [5.41, 5.74) is 5.57. The second-order valence-electron chi connectivity index (χ2n) is 4.92. The maximum Gasteiger partial charge on any atom is 0.233 e. The molecule has 0 spiro atoms. The van der Waals surface area contributed by atoms with E-state index in [0.29, 0.717) is 5.92 Å². The van der Waals surface area contributed by atoms with Crippen molar-refractivity contribution in [2.24, 2.45) is 28.6 Å². The van der Waals surface area contributed by atoms with Crippen molar-refractivity contribution in [1.82, 2.24) is 4.90 Å². The molecular weight excluding hydrogens is 206 g/mol. The lowest BCUT2D eigenvalue weighted by Gasteiger charge is -2.24. The number of nitrogens with two attached hydrogens (primary N) is 1. The quantitative estimate of drug-likeness (QED) is 0.325. The van der Waals surface area contributed by atoms with Gasteiger partial charge in [-0.1, -0.05) is 25.9 Å². The molecule has 0 radical (unpaired) electrons. The molecule has 1 saturated heterocycles. The number of likely N-dealkylation sites (tertiary alicyclic amines) is 1. The number of amidine groups is 1. The molecule has 0 aliphatic carbocycles. The summed E-state index contributed by atoms with van der Waals surface area (Å²) in [7, 11) is 0. The summed E-state index contributed by atoms with van der Waals surface area (Å²) in [5.74, 6) is 0.0767. The third kappa shape index (κ3) is 2.65. The molecule has 1 rings (SSSR count). The average molecular weight is 227 g/mol. The predicted octanol–water partition coefficient (Wildman–Crippen LogP) is 0.873. The molecule has 5 heteroatoms. The molecular formula is C11H21N3O2. The summed E-state index contributed by atoms with van der Waals surface area (Å²) in [6.07, 6.45) is 1.03. The molecule has 0 aromatic heterocycles. The molecule has 3 N–H and O–H groups in total. The van der Waals surface area contributed by atoms with E-state index in [-0.39, 0.29) is 17.7 Å². The Morgan fingerprint density at radius 3 is 2.56 bits per heavy atom. The molecule has 0 aromatic carbocycles. The Balaban J connectivity index is 2.76. The zero-order valence-electron chi connectivity index (χ0n) is 10.2. The number of carbonyl (C=O) groups excluding carboxylic acids is 1. The summed E-state index contributed by atoms with van der Waals surface area (Å²) in [6, 6.07) is 0. The van der Waals surface area contributed by atoms with Gasteiger partial charge in [0.05, 0.1) is 0 Å². The minimum atomic E-state index is -0.504. The molecule has 1 amide bonds. The lowest BCUT2D eigenvalue weighted by atomic mass is 9.93. The van der Waals surface area contributed by atoms with Crippen LogP contribution in [0.2, 0.25) is 0 Å². The van der Waals surface area contributed by atoms with Crippen molar-refractivity contribution in [2.45, 2.75) is 27.2 Å². The zero-order chi connectivity index (χ0) is 12.3. The van der Waals surface area contributed by atoms with Crippen molar-refractivity contribution in [3.8, 4) is 0 Å². The molecule has 2 atom stereocenters. The Morgan fingerprint density at radius 2 is 2.19 bits per heavy atom. The van der Waals surface area contributed by atoms with Crippen LogP contribution in [0.25, 0.3) is 0 Å². The van der Waals surface area contributed by atoms with Gasteiger partial charge < -0.3 is 15.8 Å². The van der Waals surface area contributed by atoms with Crippen LogP contribution in [-0.2, 0) is 4.79 Å². The third-order valence-electron chi connectivity index (χ3n) is 3.10. The Hall–Kier alpha value is -1.26. The minimum absolute atomic E-state index is 0.0135. The Morgan fingerprint density at radius 1 is 1.56 bits per heavy atom. The maximum absolute atomic E-state index is 12.2. The first-order valence-corrected chi connectivity index (χ1v) is 5.73. The van der Waals surface area contributed by atoms with Gasteiger partial charge in [-0.15, -0.1) is 0 Å². The summed E-state index contributed by atoms with van der Waals surface area (Å²) >= 11 is 0. The van der Waals surface area contributed by atoms with Crippen LogP contribution in [0.4, 0.5) is 0 Å². The van der Waals surface area contributed by atoms with Crippen molar-refractivity contribution in [1.29, 1.82) is 0 Å². The van der Waals surface area contributed by atoms with Crippen LogP contribution < -0.4 is 5.73 Å². The first kappa shape index (κ1) is 12.8. The summed E-state index contributed by atoms with van der Waals surface area (Å²) in [6.45, 7) is 7.49. The first-order chi connectivity index (χ1) is 7.47. The Labute approximate surface area is 96.3 Å². The van der Waals surface area contributed by atoms with E-state index in [0.717, 1.165) is 19.5 Å². The van der Waals surface area contributed by atoms with Crippen LogP contribution >= 0.6 is 0 Å². The molecule has 0 aromatic rings. The molecule has 1 aliphatic rings. The molecule has 2 unspecified atom stereocenters. The van der Waals surface area contributed by atoms with Gasteiger partial charge in [0.15, 0.2) is 5.84 Å². The molecule has 0 saturated carbocycles. The summed E-state index contributed by atoms with van der Waals surface area (Å²) in [5, 5.41) is 11.7.